The zero-order valence-corrected chi connectivity index (χ0v) is 20.4. The number of benzene rings is 3. The van der Waals surface area contributed by atoms with E-state index in [0.29, 0.717) is 27.8 Å². The molecule has 3 aromatic carbocycles. The minimum absolute atomic E-state index is 0. The maximum absolute atomic E-state index is 12.2. The van der Waals surface area contributed by atoms with Crippen LogP contribution < -0.4 is 21.1 Å². The van der Waals surface area contributed by atoms with Gasteiger partial charge in [-0.25, -0.2) is 13.4 Å². The fraction of sp³-hybridized carbons (Fsp3) is 0.130. The van der Waals surface area contributed by atoms with E-state index < -0.39 is 20.9 Å². The van der Waals surface area contributed by atoms with E-state index in [2.05, 4.69) is 20.3 Å². The lowest BCUT2D eigenvalue weighted by Gasteiger charge is -2.14. The molecule has 0 fully saturated rings. The molecule has 0 atom stereocenters. The van der Waals surface area contributed by atoms with E-state index in [1.165, 1.54) is 12.1 Å². The van der Waals surface area contributed by atoms with E-state index in [1.807, 2.05) is 24.3 Å². The molecule has 0 bridgehead atoms. The van der Waals surface area contributed by atoms with Crippen LogP contribution in [0.4, 0.5) is 22.7 Å². The monoisotopic (exact) mass is 530 g/mol. The van der Waals surface area contributed by atoms with Crippen LogP contribution in [0.2, 0.25) is 0 Å². The van der Waals surface area contributed by atoms with Gasteiger partial charge < -0.3 is 16.4 Å². The van der Waals surface area contributed by atoms with Gasteiger partial charge in [-0.05, 0) is 36.4 Å². The van der Waals surface area contributed by atoms with Gasteiger partial charge in [0, 0.05) is 40.8 Å². The Labute approximate surface area is 212 Å². The largest absolute Gasteiger partial charge is 0.354 e. The van der Waals surface area contributed by atoms with E-state index in [4.69, 9.17) is 5.73 Å². The highest BCUT2D eigenvalue weighted by Gasteiger charge is 2.14. The van der Waals surface area contributed by atoms with E-state index in [-0.39, 0.29) is 36.9 Å². The summed E-state index contributed by atoms with van der Waals surface area (Å²) >= 11 is 0. The maximum atomic E-state index is 12.2. The molecule has 0 aliphatic heterocycles. The summed E-state index contributed by atoms with van der Waals surface area (Å²) in [7, 11) is -3.67. The Morgan fingerprint density at radius 2 is 1.64 bits per heavy atom. The van der Waals surface area contributed by atoms with Crippen molar-refractivity contribution in [3.8, 4) is 0 Å². The number of pyridine rings is 1. The van der Waals surface area contributed by atoms with Gasteiger partial charge in [0.25, 0.3) is 5.69 Å². The molecule has 0 aliphatic rings. The number of carbonyl (C=O) groups is 1. The van der Waals surface area contributed by atoms with Crippen LogP contribution in [0.3, 0.4) is 0 Å². The van der Waals surface area contributed by atoms with E-state index in [1.54, 1.807) is 30.3 Å². The molecule has 4 aromatic rings. The SMILES string of the molecule is Cl.NCC(=O)NCCS(=O)(=O)Nc1ccc(Nc2c3ccccc3nc3cc([N+](=O)[O-])ccc23)cc1. The third-order valence-corrected chi connectivity index (χ3v) is 6.47. The van der Waals surface area contributed by atoms with Crippen LogP contribution in [0, 0.1) is 10.1 Å². The summed E-state index contributed by atoms with van der Waals surface area (Å²) < 4.78 is 27.0. The van der Waals surface area contributed by atoms with Crippen molar-refractivity contribution in [1.29, 1.82) is 0 Å². The Bertz CT molecular complexity index is 1530. The van der Waals surface area contributed by atoms with Gasteiger partial charge in [-0.3, -0.25) is 19.6 Å². The van der Waals surface area contributed by atoms with Gasteiger partial charge in [-0.15, -0.1) is 12.4 Å². The molecule has 0 saturated carbocycles. The Kier molecular flexibility index (Phi) is 8.25. The number of halogens is 1. The topological polar surface area (TPSA) is 169 Å². The standard InChI is InChI=1S/C23H22N6O5S.ClH/c24-14-22(30)25-11-12-35(33,34)28-16-7-5-15(6-8-16)26-23-18-3-1-2-4-20(18)27-21-13-17(29(31)32)9-10-19(21)23;/h1-10,13,28H,11-12,14,24H2,(H,25,30)(H,26,27);1H. The molecular formula is C23H23ClN6O5S. The summed E-state index contributed by atoms with van der Waals surface area (Å²) in [4.78, 5) is 26.5. The first kappa shape index (κ1) is 26.6. The molecule has 0 unspecified atom stereocenters. The second-order valence-corrected chi connectivity index (χ2v) is 9.48. The number of nitro benzene ring substituents is 1. The minimum atomic E-state index is -3.67. The first-order chi connectivity index (χ1) is 16.8. The van der Waals surface area contributed by atoms with Gasteiger partial charge in [0.2, 0.25) is 15.9 Å². The molecule has 11 nitrogen and oxygen atoms in total. The van der Waals surface area contributed by atoms with Crippen LogP contribution in [0.1, 0.15) is 0 Å². The van der Waals surface area contributed by atoms with Crippen molar-refractivity contribution in [2.24, 2.45) is 5.73 Å². The van der Waals surface area contributed by atoms with Crippen LogP contribution in [-0.2, 0) is 14.8 Å². The third kappa shape index (κ3) is 6.16. The molecule has 188 valence electrons. The number of sulfonamides is 1. The number of para-hydroxylation sites is 1. The molecule has 13 heteroatoms. The number of nitrogens with zero attached hydrogens (tertiary/aromatic N) is 2. The summed E-state index contributed by atoms with van der Waals surface area (Å²) in [5.41, 5.74) is 8.05. The average Bonchev–Trinajstić information content (AvgIpc) is 2.84. The fourth-order valence-corrected chi connectivity index (χ4v) is 4.49. The van der Waals surface area contributed by atoms with Crippen LogP contribution in [0.5, 0.6) is 0 Å². The highest BCUT2D eigenvalue weighted by atomic mass is 35.5. The normalized spacial score (nSPS) is 11.0. The van der Waals surface area contributed by atoms with Gasteiger partial charge >= 0.3 is 0 Å². The van der Waals surface area contributed by atoms with Gasteiger partial charge in [0.05, 0.1) is 33.9 Å². The number of nitrogens with one attached hydrogen (secondary N) is 3. The molecule has 36 heavy (non-hydrogen) atoms. The Morgan fingerprint density at radius 3 is 2.33 bits per heavy atom. The number of nitrogens with two attached hydrogens (primary N) is 1. The third-order valence-electron chi connectivity index (χ3n) is 5.18. The molecule has 1 aromatic heterocycles. The lowest BCUT2D eigenvalue weighted by molar-refractivity contribution is -0.384. The lowest BCUT2D eigenvalue weighted by atomic mass is 10.1. The Morgan fingerprint density at radius 1 is 0.972 bits per heavy atom. The van der Waals surface area contributed by atoms with Crippen molar-refractivity contribution in [1.82, 2.24) is 10.3 Å². The van der Waals surface area contributed by atoms with Crippen molar-refractivity contribution in [3.05, 3.63) is 76.8 Å². The minimum Gasteiger partial charge on any atom is -0.354 e. The summed E-state index contributed by atoms with van der Waals surface area (Å²) in [5.74, 6) is -0.721. The van der Waals surface area contributed by atoms with Crippen LogP contribution >= 0.6 is 12.4 Å². The molecule has 1 amide bonds. The number of non-ortho nitro benzene ring substituents is 1. The molecular weight excluding hydrogens is 508 g/mol. The smallest absolute Gasteiger partial charge is 0.271 e. The zero-order chi connectivity index (χ0) is 25.0. The van der Waals surface area contributed by atoms with Crippen molar-refractivity contribution in [2.75, 3.05) is 28.9 Å². The van der Waals surface area contributed by atoms with E-state index >= 15 is 0 Å². The molecule has 0 spiro atoms. The Balaban J connectivity index is 0.00000361. The average molecular weight is 531 g/mol. The number of hydrogen-bond acceptors (Lipinski definition) is 8. The van der Waals surface area contributed by atoms with Crippen LogP contribution in [0.15, 0.2) is 66.7 Å². The number of anilines is 3. The van der Waals surface area contributed by atoms with Gasteiger partial charge in [0.1, 0.15) is 0 Å². The van der Waals surface area contributed by atoms with Gasteiger partial charge in [-0.1, -0.05) is 18.2 Å². The fourth-order valence-electron chi connectivity index (χ4n) is 3.52. The van der Waals surface area contributed by atoms with Crippen molar-refractivity contribution < 1.29 is 18.1 Å². The number of aromatic nitrogens is 1. The van der Waals surface area contributed by atoms with E-state index in [9.17, 15) is 23.3 Å². The molecule has 0 radical (unpaired) electrons. The summed E-state index contributed by atoms with van der Waals surface area (Å²) in [6.45, 7) is -0.258. The van der Waals surface area contributed by atoms with Crippen molar-refractivity contribution in [2.45, 2.75) is 0 Å². The summed E-state index contributed by atoms with van der Waals surface area (Å²) in [6, 6.07) is 18.6. The molecule has 1 heterocycles. The first-order valence-electron chi connectivity index (χ1n) is 10.6. The number of carbonyl (C=O) groups excluding carboxylic acids is 1. The maximum Gasteiger partial charge on any atom is 0.271 e. The second kappa shape index (κ2) is 11.2. The number of hydrogen-bond donors (Lipinski definition) is 4. The molecule has 0 saturated heterocycles. The predicted octanol–water partition coefficient (Wildman–Crippen LogP) is 3.28. The summed E-state index contributed by atoms with van der Waals surface area (Å²) in [5, 5.41) is 18.5. The number of nitro groups is 1. The molecule has 4 rings (SSSR count). The highest BCUT2D eigenvalue weighted by molar-refractivity contribution is 7.92. The Hall–Kier alpha value is -4.00. The molecule has 5 N–H and O–H groups in total. The quantitative estimate of drug-likeness (QED) is 0.145. The number of amides is 1. The van der Waals surface area contributed by atoms with Crippen LogP contribution in [0.25, 0.3) is 21.8 Å². The highest BCUT2D eigenvalue weighted by Crippen LogP contribution is 2.34. The number of fused-ring (bicyclic) bond motifs is 2. The van der Waals surface area contributed by atoms with Crippen molar-refractivity contribution in [3.63, 3.8) is 0 Å². The lowest BCUT2D eigenvalue weighted by Crippen LogP contribution is -2.35. The van der Waals surface area contributed by atoms with Gasteiger partial charge in [0.15, 0.2) is 0 Å². The van der Waals surface area contributed by atoms with Crippen LogP contribution in [-0.4, -0.2) is 43.1 Å². The van der Waals surface area contributed by atoms with E-state index in [0.717, 1.165) is 11.1 Å². The van der Waals surface area contributed by atoms with Crippen molar-refractivity contribution >= 4 is 72.9 Å². The molecule has 0 aliphatic carbocycles. The van der Waals surface area contributed by atoms with Gasteiger partial charge in [-0.2, -0.15) is 0 Å². The zero-order valence-electron chi connectivity index (χ0n) is 18.8. The summed E-state index contributed by atoms with van der Waals surface area (Å²) in [6.07, 6.45) is 0. The number of rotatable bonds is 9. The second-order valence-electron chi connectivity index (χ2n) is 7.64. The first-order valence-corrected chi connectivity index (χ1v) is 12.2. The predicted molar refractivity (Wildman–Crippen MR) is 142 cm³/mol.